The zero-order chi connectivity index (χ0) is 15.0. The van der Waals surface area contributed by atoms with Gasteiger partial charge in [-0.05, 0) is 25.0 Å². The first-order valence-electron chi connectivity index (χ1n) is 6.89. The molecule has 0 unspecified atom stereocenters. The highest BCUT2D eigenvalue weighted by atomic mass is 16.5. The summed E-state index contributed by atoms with van der Waals surface area (Å²) in [7, 11) is 3.18. The SMILES string of the molecule is CCC(CC)NC(=O)CNc1ccc(OC)c(OC)c1. The fourth-order valence-corrected chi connectivity index (χ4v) is 1.90. The van der Waals surface area contributed by atoms with E-state index in [1.807, 2.05) is 12.1 Å². The lowest BCUT2D eigenvalue weighted by Gasteiger charge is -2.15. The van der Waals surface area contributed by atoms with Gasteiger partial charge in [-0.15, -0.1) is 0 Å². The first-order chi connectivity index (χ1) is 9.64. The monoisotopic (exact) mass is 280 g/mol. The third kappa shape index (κ3) is 4.64. The Morgan fingerprint density at radius 3 is 2.35 bits per heavy atom. The summed E-state index contributed by atoms with van der Waals surface area (Å²) < 4.78 is 10.4. The quantitative estimate of drug-likeness (QED) is 0.768. The van der Waals surface area contributed by atoms with Gasteiger partial charge in [0.2, 0.25) is 5.91 Å². The zero-order valence-electron chi connectivity index (χ0n) is 12.7. The molecule has 5 heteroatoms. The summed E-state index contributed by atoms with van der Waals surface area (Å²) in [4.78, 5) is 11.8. The Bertz CT molecular complexity index is 431. The Morgan fingerprint density at radius 1 is 1.15 bits per heavy atom. The van der Waals surface area contributed by atoms with Crippen molar-refractivity contribution >= 4 is 11.6 Å². The van der Waals surface area contributed by atoms with Crippen molar-refractivity contribution in [2.45, 2.75) is 32.7 Å². The third-order valence-electron chi connectivity index (χ3n) is 3.19. The molecular weight excluding hydrogens is 256 g/mol. The van der Waals surface area contributed by atoms with Gasteiger partial charge in [-0.1, -0.05) is 13.8 Å². The second-order valence-electron chi connectivity index (χ2n) is 4.50. The van der Waals surface area contributed by atoms with Crippen molar-refractivity contribution < 1.29 is 14.3 Å². The number of carbonyl (C=O) groups is 1. The van der Waals surface area contributed by atoms with Crippen LogP contribution in [0.4, 0.5) is 5.69 Å². The first kappa shape index (κ1) is 16.1. The van der Waals surface area contributed by atoms with Crippen LogP contribution in [0.25, 0.3) is 0 Å². The van der Waals surface area contributed by atoms with Crippen molar-refractivity contribution in [3.8, 4) is 11.5 Å². The second-order valence-corrected chi connectivity index (χ2v) is 4.50. The van der Waals surface area contributed by atoms with Crippen LogP contribution in [0.5, 0.6) is 11.5 Å². The van der Waals surface area contributed by atoms with Gasteiger partial charge in [0.15, 0.2) is 11.5 Å². The van der Waals surface area contributed by atoms with Crippen molar-refractivity contribution in [3.63, 3.8) is 0 Å². The minimum Gasteiger partial charge on any atom is -0.493 e. The molecule has 0 spiro atoms. The Kier molecular flexibility index (Phi) is 6.70. The van der Waals surface area contributed by atoms with Gasteiger partial charge in [0.25, 0.3) is 0 Å². The number of hydrogen-bond acceptors (Lipinski definition) is 4. The van der Waals surface area contributed by atoms with Gasteiger partial charge < -0.3 is 20.1 Å². The van der Waals surface area contributed by atoms with Crippen LogP contribution in [-0.2, 0) is 4.79 Å². The summed E-state index contributed by atoms with van der Waals surface area (Å²) in [5.74, 6) is 1.30. The van der Waals surface area contributed by atoms with Gasteiger partial charge in [0.1, 0.15) is 0 Å². The molecule has 1 amide bonds. The van der Waals surface area contributed by atoms with Crippen LogP contribution < -0.4 is 20.1 Å². The number of rotatable bonds is 8. The van der Waals surface area contributed by atoms with E-state index in [2.05, 4.69) is 24.5 Å². The molecule has 2 N–H and O–H groups in total. The summed E-state index contributed by atoms with van der Waals surface area (Å²) in [6, 6.07) is 5.71. The van der Waals surface area contributed by atoms with E-state index in [1.165, 1.54) is 0 Å². The Balaban J connectivity index is 2.55. The largest absolute Gasteiger partial charge is 0.493 e. The maximum Gasteiger partial charge on any atom is 0.239 e. The minimum absolute atomic E-state index is 0.00603. The number of benzene rings is 1. The average Bonchev–Trinajstić information content (AvgIpc) is 2.50. The van der Waals surface area contributed by atoms with Gasteiger partial charge in [0.05, 0.1) is 20.8 Å². The summed E-state index contributed by atoms with van der Waals surface area (Å²) in [6.07, 6.45) is 1.89. The summed E-state index contributed by atoms with van der Waals surface area (Å²) in [6.45, 7) is 4.37. The molecule has 1 rings (SSSR count). The van der Waals surface area contributed by atoms with Crippen molar-refractivity contribution in [2.75, 3.05) is 26.1 Å². The molecule has 0 saturated carbocycles. The van der Waals surface area contributed by atoms with Crippen molar-refractivity contribution in [1.82, 2.24) is 5.32 Å². The molecule has 0 atom stereocenters. The maximum atomic E-state index is 11.8. The van der Waals surface area contributed by atoms with Crippen molar-refractivity contribution in [2.24, 2.45) is 0 Å². The molecule has 0 heterocycles. The van der Waals surface area contributed by atoms with Gasteiger partial charge in [0, 0.05) is 17.8 Å². The lowest BCUT2D eigenvalue weighted by atomic mass is 10.2. The number of hydrogen-bond donors (Lipinski definition) is 2. The highest BCUT2D eigenvalue weighted by Gasteiger charge is 2.09. The predicted octanol–water partition coefficient (Wildman–Crippen LogP) is 2.42. The van der Waals surface area contributed by atoms with Gasteiger partial charge in [-0.2, -0.15) is 0 Å². The van der Waals surface area contributed by atoms with Gasteiger partial charge in [-0.3, -0.25) is 4.79 Å². The predicted molar refractivity (Wildman–Crippen MR) is 80.5 cm³/mol. The Morgan fingerprint density at radius 2 is 1.80 bits per heavy atom. The van der Waals surface area contributed by atoms with E-state index in [-0.39, 0.29) is 18.5 Å². The number of ether oxygens (including phenoxy) is 2. The highest BCUT2D eigenvalue weighted by Crippen LogP contribution is 2.29. The van der Waals surface area contributed by atoms with E-state index in [0.717, 1.165) is 18.5 Å². The topological polar surface area (TPSA) is 59.6 Å². The van der Waals surface area contributed by atoms with Crippen LogP contribution in [-0.4, -0.2) is 32.7 Å². The number of carbonyl (C=O) groups excluding carboxylic acids is 1. The molecule has 0 aliphatic heterocycles. The van der Waals surface area contributed by atoms with Crippen molar-refractivity contribution in [3.05, 3.63) is 18.2 Å². The summed E-state index contributed by atoms with van der Waals surface area (Å²) in [5, 5.41) is 6.06. The molecule has 20 heavy (non-hydrogen) atoms. The minimum atomic E-state index is -0.00603. The van der Waals surface area contributed by atoms with E-state index in [1.54, 1.807) is 20.3 Å². The van der Waals surface area contributed by atoms with E-state index in [4.69, 9.17) is 9.47 Å². The Hall–Kier alpha value is -1.91. The zero-order valence-corrected chi connectivity index (χ0v) is 12.7. The fraction of sp³-hybridized carbons (Fsp3) is 0.533. The molecule has 0 bridgehead atoms. The van der Waals surface area contributed by atoms with Crippen LogP contribution in [0.2, 0.25) is 0 Å². The third-order valence-corrected chi connectivity index (χ3v) is 3.19. The lowest BCUT2D eigenvalue weighted by Crippen LogP contribution is -2.37. The lowest BCUT2D eigenvalue weighted by molar-refractivity contribution is -0.120. The van der Waals surface area contributed by atoms with Crippen LogP contribution in [0, 0.1) is 0 Å². The van der Waals surface area contributed by atoms with Gasteiger partial charge >= 0.3 is 0 Å². The molecule has 0 fully saturated rings. The summed E-state index contributed by atoms with van der Waals surface area (Å²) >= 11 is 0. The maximum absolute atomic E-state index is 11.8. The fourth-order valence-electron chi connectivity index (χ4n) is 1.90. The molecule has 0 saturated heterocycles. The first-order valence-corrected chi connectivity index (χ1v) is 6.89. The highest BCUT2D eigenvalue weighted by molar-refractivity contribution is 5.81. The molecule has 0 radical (unpaired) electrons. The van der Waals surface area contributed by atoms with E-state index in [0.29, 0.717) is 11.5 Å². The number of amides is 1. The second kappa shape index (κ2) is 8.30. The van der Waals surface area contributed by atoms with Crippen LogP contribution in [0.15, 0.2) is 18.2 Å². The molecule has 0 aliphatic rings. The average molecular weight is 280 g/mol. The smallest absolute Gasteiger partial charge is 0.239 e. The van der Waals surface area contributed by atoms with Crippen molar-refractivity contribution in [1.29, 1.82) is 0 Å². The van der Waals surface area contributed by atoms with E-state index >= 15 is 0 Å². The molecule has 5 nitrogen and oxygen atoms in total. The van der Waals surface area contributed by atoms with Crippen LogP contribution in [0.1, 0.15) is 26.7 Å². The van der Waals surface area contributed by atoms with E-state index < -0.39 is 0 Å². The standard InChI is InChI=1S/C15H24N2O3/c1-5-11(6-2)17-15(18)10-16-12-7-8-13(19-3)14(9-12)20-4/h7-9,11,16H,5-6,10H2,1-4H3,(H,17,18). The molecule has 1 aromatic rings. The Labute approximate surface area is 120 Å². The number of nitrogens with one attached hydrogen (secondary N) is 2. The molecular formula is C15H24N2O3. The van der Waals surface area contributed by atoms with E-state index in [9.17, 15) is 4.79 Å². The van der Waals surface area contributed by atoms with Crippen LogP contribution in [0.3, 0.4) is 0 Å². The number of anilines is 1. The summed E-state index contributed by atoms with van der Waals surface area (Å²) in [5.41, 5.74) is 0.822. The molecule has 1 aromatic carbocycles. The van der Waals surface area contributed by atoms with Crippen LogP contribution >= 0.6 is 0 Å². The van der Waals surface area contributed by atoms with Gasteiger partial charge in [-0.25, -0.2) is 0 Å². The molecule has 112 valence electrons. The number of methoxy groups -OCH3 is 2. The molecule has 0 aromatic heterocycles. The normalized spacial score (nSPS) is 10.2. The molecule has 0 aliphatic carbocycles.